The summed E-state index contributed by atoms with van der Waals surface area (Å²) in [6, 6.07) is 7.70. The lowest BCUT2D eigenvalue weighted by atomic mass is 10.0. The first-order valence-electron chi connectivity index (χ1n) is 6.44. The number of carbonyl (C=O) groups excluding carboxylic acids is 1. The van der Waals surface area contributed by atoms with Crippen LogP contribution in [0.5, 0.6) is 0 Å². The molecule has 2 rings (SSSR count). The van der Waals surface area contributed by atoms with E-state index in [1.165, 1.54) is 5.56 Å². The molecule has 0 bridgehead atoms. The largest absolute Gasteiger partial charge is 0.383 e. The highest BCUT2D eigenvalue weighted by atomic mass is 79.9. The summed E-state index contributed by atoms with van der Waals surface area (Å²) < 4.78 is 6.01. The van der Waals surface area contributed by atoms with Crippen molar-refractivity contribution in [3.8, 4) is 0 Å². The molecule has 2 unspecified atom stereocenters. The molecule has 0 radical (unpaired) electrons. The molecule has 0 spiro atoms. The highest BCUT2D eigenvalue weighted by molar-refractivity contribution is 9.10. The fraction of sp³-hybridized carbons (Fsp3) is 0.500. The zero-order valence-electron chi connectivity index (χ0n) is 11.0. The van der Waals surface area contributed by atoms with E-state index < -0.39 is 6.04 Å². The summed E-state index contributed by atoms with van der Waals surface area (Å²) in [7, 11) is 1.56. The fourth-order valence-electron chi connectivity index (χ4n) is 2.53. The number of carbonyl (C=O) groups is 1. The van der Waals surface area contributed by atoms with Crippen molar-refractivity contribution in [3.05, 3.63) is 34.3 Å². The summed E-state index contributed by atoms with van der Waals surface area (Å²) >= 11 is 3.42. The molecule has 1 amide bonds. The monoisotopic (exact) mass is 326 g/mol. The lowest BCUT2D eigenvalue weighted by Crippen LogP contribution is -2.45. The van der Waals surface area contributed by atoms with Crippen LogP contribution >= 0.6 is 15.9 Å². The summed E-state index contributed by atoms with van der Waals surface area (Å²) in [5.74, 6) is -0.0210. The standard InChI is InChI=1S/C14H19BrN2O2/c1-19-9-12(16)14(18)17-8-2-3-13(17)10-4-6-11(15)7-5-10/h4-7,12-13H,2-3,8-9,16H2,1H3. The Kier molecular flexibility index (Phi) is 4.96. The first-order valence-corrected chi connectivity index (χ1v) is 7.23. The summed E-state index contributed by atoms with van der Waals surface area (Å²) in [6.45, 7) is 1.04. The van der Waals surface area contributed by atoms with Crippen molar-refractivity contribution < 1.29 is 9.53 Å². The van der Waals surface area contributed by atoms with Gasteiger partial charge in [0, 0.05) is 18.1 Å². The van der Waals surface area contributed by atoms with Crippen molar-refractivity contribution in [2.24, 2.45) is 5.73 Å². The number of hydrogen-bond acceptors (Lipinski definition) is 3. The third-order valence-electron chi connectivity index (χ3n) is 3.45. The smallest absolute Gasteiger partial charge is 0.242 e. The van der Waals surface area contributed by atoms with E-state index in [0.717, 1.165) is 23.9 Å². The van der Waals surface area contributed by atoms with Gasteiger partial charge in [0.15, 0.2) is 0 Å². The molecule has 2 N–H and O–H groups in total. The Morgan fingerprint density at radius 2 is 2.21 bits per heavy atom. The van der Waals surface area contributed by atoms with E-state index >= 15 is 0 Å². The number of methoxy groups -OCH3 is 1. The lowest BCUT2D eigenvalue weighted by molar-refractivity contribution is -0.134. The Morgan fingerprint density at radius 1 is 1.53 bits per heavy atom. The molecule has 19 heavy (non-hydrogen) atoms. The number of ether oxygens (including phenoxy) is 1. The number of halogens is 1. The third-order valence-corrected chi connectivity index (χ3v) is 3.98. The molecule has 1 saturated heterocycles. The number of nitrogens with zero attached hydrogens (tertiary/aromatic N) is 1. The van der Waals surface area contributed by atoms with Gasteiger partial charge in [-0.2, -0.15) is 0 Å². The van der Waals surface area contributed by atoms with Gasteiger partial charge in [-0.15, -0.1) is 0 Å². The highest BCUT2D eigenvalue weighted by Gasteiger charge is 2.32. The number of likely N-dealkylation sites (tertiary alicyclic amines) is 1. The van der Waals surface area contributed by atoms with E-state index in [-0.39, 0.29) is 18.6 Å². The average molecular weight is 327 g/mol. The molecule has 1 aliphatic heterocycles. The maximum Gasteiger partial charge on any atom is 0.242 e. The molecular weight excluding hydrogens is 308 g/mol. The molecule has 4 nitrogen and oxygen atoms in total. The Morgan fingerprint density at radius 3 is 2.84 bits per heavy atom. The number of benzene rings is 1. The van der Waals surface area contributed by atoms with E-state index in [1.54, 1.807) is 7.11 Å². The molecule has 1 aromatic carbocycles. The maximum atomic E-state index is 12.3. The van der Waals surface area contributed by atoms with Crippen LogP contribution in [0.25, 0.3) is 0 Å². The van der Waals surface area contributed by atoms with Crippen LogP contribution in [-0.4, -0.2) is 37.1 Å². The van der Waals surface area contributed by atoms with Crippen LogP contribution < -0.4 is 5.73 Å². The molecule has 1 fully saturated rings. The minimum absolute atomic E-state index is 0.0210. The van der Waals surface area contributed by atoms with Gasteiger partial charge in [-0.1, -0.05) is 28.1 Å². The van der Waals surface area contributed by atoms with Crippen molar-refractivity contribution >= 4 is 21.8 Å². The van der Waals surface area contributed by atoms with Gasteiger partial charge in [-0.05, 0) is 30.5 Å². The van der Waals surface area contributed by atoms with Gasteiger partial charge in [0.05, 0.1) is 12.6 Å². The van der Waals surface area contributed by atoms with E-state index in [1.807, 2.05) is 17.0 Å². The van der Waals surface area contributed by atoms with Gasteiger partial charge in [-0.3, -0.25) is 4.79 Å². The minimum atomic E-state index is -0.568. The zero-order valence-corrected chi connectivity index (χ0v) is 12.6. The van der Waals surface area contributed by atoms with Crippen LogP contribution in [0, 0.1) is 0 Å². The predicted octanol–water partition coefficient (Wildman–Crippen LogP) is 2.09. The molecule has 5 heteroatoms. The van der Waals surface area contributed by atoms with Gasteiger partial charge >= 0.3 is 0 Å². The molecule has 2 atom stereocenters. The van der Waals surface area contributed by atoms with Gasteiger partial charge in [-0.25, -0.2) is 0 Å². The second kappa shape index (κ2) is 6.50. The van der Waals surface area contributed by atoms with E-state index in [0.29, 0.717) is 0 Å². The number of hydrogen-bond donors (Lipinski definition) is 1. The molecule has 0 aliphatic carbocycles. The van der Waals surface area contributed by atoms with Crippen LogP contribution in [0.2, 0.25) is 0 Å². The summed E-state index contributed by atoms with van der Waals surface area (Å²) in [5, 5.41) is 0. The summed E-state index contributed by atoms with van der Waals surface area (Å²) in [4.78, 5) is 14.2. The van der Waals surface area contributed by atoms with E-state index in [2.05, 4.69) is 28.1 Å². The van der Waals surface area contributed by atoms with Gasteiger partial charge in [0.2, 0.25) is 5.91 Å². The van der Waals surface area contributed by atoms with Gasteiger partial charge < -0.3 is 15.4 Å². The summed E-state index contributed by atoms with van der Waals surface area (Å²) in [5.41, 5.74) is 7.01. The Hall–Kier alpha value is -0.910. The molecule has 1 heterocycles. The Labute approximate surface area is 122 Å². The van der Waals surface area contributed by atoms with Crippen molar-refractivity contribution in [2.75, 3.05) is 20.3 Å². The number of nitrogens with two attached hydrogens (primary N) is 1. The number of rotatable bonds is 4. The van der Waals surface area contributed by atoms with Crippen LogP contribution in [-0.2, 0) is 9.53 Å². The van der Waals surface area contributed by atoms with Crippen LogP contribution in [0.3, 0.4) is 0 Å². The quantitative estimate of drug-likeness (QED) is 0.921. The highest BCUT2D eigenvalue weighted by Crippen LogP contribution is 2.32. The predicted molar refractivity (Wildman–Crippen MR) is 77.7 cm³/mol. The van der Waals surface area contributed by atoms with Crippen LogP contribution in [0.4, 0.5) is 0 Å². The zero-order chi connectivity index (χ0) is 13.8. The number of amides is 1. The molecular formula is C14H19BrN2O2. The van der Waals surface area contributed by atoms with Crippen molar-refractivity contribution in [1.82, 2.24) is 4.90 Å². The average Bonchev–Trinajstić information content (AvgIpc) is 2.88. The van der Waals surface area contributed by atoms with Crippen molar-refractivity contribution in [2.45, 2.75) is 24.9 Å². The molecule has 104 valence electrons. The Balaban J connectivity index is 2.12. The molecule has 1 aliphatic rings. The van der Waals surface area contributed by atoms with Gasteiger partial charge in [0.1, 0.15) is 6.04 Å². The fourth-order valence-corrected chi connectivity index (χ4v) is 2.79. The third kappa shape index (κ3) is 3.35. The van der Waals surface area contributed by atoms with E-state index in [9.17, 15) is 4.79 Å². The Bertz CT molecular complexity index is 436. The normalized spacial score (nSPS) is 20.6. The second-order valence-corrected chi connectivity index (χ2v) is 5.72. The lowest BCUT2D eigenvalue weighted by Gasteiger charge is -2.27. The summed E-state index contributed by atoms with van der Waals surface area (Å²) in [6.07, 6.45) is 2.01. The molecule has 0 aromatic heterocycles. The first-order chi connectivity index (χ1) is 9.13. The van der Waals surface area contributed by atoms with Gasteiger partial charge in [0.25, 0.3) is 0 Å². The van der Waals surface area contributed by atoms with Crippen molar-refractivity contribution in [1.29, 1.82) is 0 Å². The maximum absolute atomic E-state index is 12.3. The molecule has 0 saturated carbocycles. The van der Waals surface area contributed by atoms with Crippen molar-refractivity contribution in [3.63, 3.8) is 0 Å². The second-order valence-electron chi connectivity index (χ2n) is 4.80. The van der Waals surface area contributed by atoms with E-state index in [4.69, 9.17) is 10.5 Å². The van der Waals surface area contributed by atoms with Crippen LogP contribution in [0.1, 0.15) is 24.4 Å². The minimum Gasteiger partial charge on any atom is -0.383 e. The molecule has 1 aromatic rings. The SMILES string of the molecule is COCC(N)C(=O)N1CCCC1c1ccc(Br)cc1. The topological polar surface area (TPSA) is 55.6 Å². The van der Waals surface area contributed by atoms with Crippen LogP contribution in [0.15, 0.2) is 28.7 Å². The first kappa shape index (κ1) is 14.5.